The lowest BCUT2D eigenvalue weighted by Crippen LogP contribution is -2.37. The summed E-state index contributed by atoms with van der Waals surface area (Å²) in [6, 6.07) is 16.2. The van der Waals surface area contributed by atoms with E-state index in [1.165, 1.54) is 4.57 Å². The van der Waals surface area contributed by atoms with E-state index >= 15 is 0 Å². The number of ketones is 1. The van der Waals surface area contributed by atoms with Gasteiger partial charge < -0.3 is 0 Å². The maximum Gasteiger partial charge on any atom is 0.328 e. The van der Waals surface area contributed by atoms with Crippen LogP contribution in [0.4, 0.5) is 8.78 Å². The molecule has 4 rings (SSSR count). The molecule has 7 heteroatoms. The number of nitrogens with zero attached hydrogens (tertiary/aromatic N) is 1. The normalized spacial score (nSPS) is 11.1. The van der Waals surface area contributed by atoms with Gasteiger partial charge in [-0.3, -0.25) is 19.1 Å². The van der Waals surface area contributed by atoms with E-state index < -0.39 is 35.2 Å². The Morgan fingerprint density at radius 3 is 2.52 bits per heavy atom. The van der Waals surface area contributed by atoms with Gasteiger partial charge in [-0.2, -0.15) is 0 Å². The van der Waals surface area contributed by atoms with Crippen molar-refractivity contribution in [2.75, 3.05) is 0 Å². The molecule has 0 aliphatic heterocycles. The molecule has 0 aliphatic carbocycles. The molecule has 1 N–H and O–H groups in total. The van der Waals surface area contributed by atoms with Crippen molar-refractivity contribution in [3.63, 3.8) is 0 Å². The van der Waals surface area contributed by atoms with Gasteiger partial charge in [0.15, 0.2) is 5.78 Å². The average Bonchev–Trinajstić information content (AvgIpc) is 2.79. The maximum atomic E-state index is 14.2. The summed E-state index contributed by atoms with van der Waals surface area (Å²) in [5.74, 6) is -2.49. The molecule has 0 aliphatic rings. The van der Waals surface area contributed by atoms with Crippen molar-refractivity contribution < 1.29 is 13.6 Å². The van der Waals surface area contributed by atoms with Crippen LogP contribution >= 0.6 is 0 Å². The molecule has 33 heavy (non-hydrogen) atoms. The molecular formula is C26H22F2N2O3. The second-order valence-corrected chi connectivity index (χ2v) is 7.88. The minimum atomic E-state index is -0.998. The predicted molar refractivity (Wildman–Crippen MR) is 123 cm³/mol. The van der Waals surface area contributed by atoms with Gasteiger partial charge in [0.25, 0.3) is 5.56 Å². The summed E-state index contributed by atoms with van der Waals surface area (Å²) in [6.45, 7) is 1.44. The van der Waals surface area contributed by atoms with Gasteiger partial charge in [-0.25, -0.2) is 13.6 Å². The molecule has 0 atom stereocenters. The lowest BCUT2D eigenvalue weighted by molar-refractivity contribution is 0.0965. The van der Waals surface area contributed by atoms with Gasteiger partial charge in [-0.05, 0) is 34.9 Å². The zero-order valence-electron chi connectivity index (χ0n) is 18.0. The van der Waals surface area contributed by atoms with Crippen LogP contribution in [0.15, 0.2) is 70.3 Å². The highest BCUT2D eigenvalue weighted by molar-refractivity contribution is 5.96. The first-order valence-electron chi connectivity index (χ1n) is 10.7. The number of fused-ring (bicyclic) bond motifs is 1. The van der Waals surface area contributed by atoms with Gasteiger partial charge in [0.2, 0.25) is 0 Å². The van der Waals surface area contributed by atoms with E-state index in [1.807, 2.05) is 49.4 Å². The monoisotopic (exact) mass is 448 g/mol. The number of H-pyrrole nitrogens is 1. The lowest BCUT2D eigenvalue weighted by atomic mass is 9.97. The first-order chi connectivity index (χ1) is 15.9. The number of aromatic nitrogens is 2. The second-order valence-electron chi connectivity index (χ2n) is 7.88. The Kier molecular flexibility index (Phi) is 6.31. The summed E-state index contributed by atoms with van der Waals surface area (Å²) >= 11 is 0. The van der Waals surface area contributed by atoms with E-state index in [2.05, 4.69) is 4.98 Å². The van der Waals surface area contributed by atoms with E-state index in [0.29, 0.717) is 30.2 Å². The van der Waals surface area contributed by atoms with Gasteiger partial charge in [0, 0.05) is 23.7 Å². The molecular weight excluding hydrogens is 426 g/mol. The summed E-state index contributed by atoms with van der Waals surface area (Å²) in [4.78, 5) is 40.6. The molecule has 168 valence electrons. The van der Waals surface area contributed by atoms with Crippen molar-refractivity contribution in [2.45, 2.75) is 32.7 Å². The van der Waals surface area contributed by atoms with Gasteiger partial charge in [0.1, 0.15) is 11.6 Å². The standard InChI is InChI=1S/C26H22F2N2O3/c1-2-6-21-23(13-17-9-5-8-16-7-3-4-10-19(16)17)30(26(33)29-25(21)32)15-24(31)20-12-11-18(27)14-22(20)28/h3-5,7-12,14H,2,6,13,15H2,1H3,(H,29,32,33). The first kappa shape index (κ1) is 22.3. The molecule has 0 fully saturated rings. The van der Waals surface area contributed by atoms with Crippen LogP contribution in [0.25, 0.3) is 10.8 Å². The summed E-state index contributed by atoms with van der Waals surface area (Å²) < 4.78 is 28.6. The Hall–Kier alpha value is -3.87. The number of hydrogen-bond acceptors (Lipinski definition) is 3. The van der Waals surface area contributed by atoms with Gasteiger partial charge in [-0.15, -0.1) is 0 Å². The Labute approximate surface area is 188 Å². The van der Waals surface area contributed by atoms with E-state index in [1.54, 1.807) is 0 Å². The molecule has 4 aromatic rings. The number of aromatic amines is 1. The fourth-order valence-corrected chi connectivity index (χ4v) is 4.11. The van der Waals surface area contributed by atoms with Crippen LogP contribution in [0, 0.1) is 11.6 Å². The quantitative estimate of drug-likeness (QED) is 0.426. The molecule has 3 aromatic carbocycles. The highest BCUT2D eigenvalue weighted by Crippen LogP contribution is 2.22. The van der Waals surface area contributed by atoms with Gasteiger partial charge in [0.05, 0.1) is 12.1 Å². The summed E-state index contributed by atoms with van der Waals surface area (Å²) in [6.07, 6.45) is 1.31. The molecule has 0 saturated heterocycles. The van der Waals surface area contributed by atoms with Crippen LogP contribution in [-0.2, 0) is 19.4 Å². The van der Waals surface area contributed by atoms with Crippen molar-refractivity contribution >= 4 is 16.6 Å². The Balaban J connectivity index is 1.85. The lowest BCUT2D eigenvalue weighted by Gasteiger charge is -2.17. The summed E-state index contributed by atoms with van der Waals surface area (Å²) in [7, 11) is 0. The number of halogens is 2. The Bertz CT molecular complexity index is 1470. The molecule has 0 bridgehead atoms. The fraction of sp³-hybridized carbons (Fsp3) is 0.192. The summed E-state index contributed by atoms with van der Waals surface area (Å²) in [5.41, 5.74) is 0.169. The topological polar surface area (TPSA) is 71.9 Å². The minimum Gasteiger partial charge on any atom is -0.292 e. The third kappa shape index (κ3) is 4.53. The second kappa shape index (κ2) is 9.32. The van der Waals surface area contributed by atoms with Crippen LogP contribution in [0.3, 0.4) is 0 Å². The Morgan fingerprint density at radius 1 is 1.00 bits per heavy atom. The predicted octanol–water partition coefficient (Wildman–Crippen LogP) is 4.39. The SMILES string of the molecule is CCCc1c(Cc2cccc3ccccc23)n(CC(=O)c2ccc(F)cc2F)c(=O)[nH]c1=O. The van der Waals surface area contributed by atoms with E-state index in [9.17, 15) is 23.2 Å². The van der Waals surface area contributed by atoms with Gasteiger partial charge >= 0.3 is 5.69 Å². The van der Waals surface area contributed by atoms with Crippen LogP contribution in [0.1, 0.15) is 40.5 Å². The third-order valence-corrected chi connectivity index (χ3v) is 5.68. The molecule has 0 amide bonds. The number of carbonyl (C=O) groups excluding carboxylic acids is 1. The van der Waals surface area contributed by atoms with E-state index in [-0.39, 0.29) is 12.0 Å². The summed E-state index contributed by atoms with van der Waals surface area (Å²) in [5, 5.41) is 1.98. The molecule has 0 saturated carbocycles. The fourth-order valence-electron chi connectivity index (χ4n) is 4.11. The minimum absolute atomic E-state index is 0.245. The van der Waals surface area contributed by atoms with Crippen LogP contribution < -0.4 is 11.2 Å². The molecule has 0 radical (unpaired) electrons. The van der Waals surface area contributed by atoms with Crippen molar-refractivity contribution in [1.29, 1.82) is 0 Å². The molecule has 1 aromatic heterocycles. The smallest absolute Gasteiger partial charge is 0.292 e. The molecule has 0 spiro atoms. The maximum absolute atomic E-state index is 14.2. The highest BCUT2D eigenvalue weighted by Gasteiger charge is 2.20. The zero-order valence-corrected chi connectivity index (χ0v) is 18.0. The van der Waals surface area contributed by atoms with Crippen molar-refractivity contribution in [3.8, 4) is 0 Å². The number of rotatable bonds is 7. The van der Waals surface area contributed by atoms with Crippen LogP contribution in [0.5, 0.6) is 0 Å². The molecule has 1 heterocycles. The van der Waals surface area contributed by atoms with E-state index in [0.717, 1.165) is 28.5 Å². The third-order valence-electron chi connectivity index (χ3n) is 5.68. The number of nitrogens with one attached hydrogen (secondary N) is 1. The zero-order chi connectivity index (χ0) is 23.5. The Morgan fingerprint density at radius 2 is 1.76 bits per heavy atom. The largest absolute Gasteiger partial charge is 0.328 e. The first-order valence-corrected chi connectivity index (χ1v) is 10.7. The van der Waals surface area contributed by atoms with Crippen LogP contribution in [0.2, 0.25) is 0 Å². The van der Waals surface area contributed by atoms with E-state index in [4.69, 9.17) is 0 Å². The van der Waals surface area contributed by atoms with Crippen molar-refractivity contribution in [2.24, 2.45) is 0 Å². The van der Waals surface area contributed by atoms with Gasteiger partial charge in [-0.1, -0.05) is 55.8 Å². The molecule has 5 nitrogen and oxygen atoms in total. The molecule has 0 unspecified atom stereocenters. The number of Topliss-reactive ketones (excluding diaryl/α,β-unsaturated/α-hetero) is 1. The number of hydrogen-bond donors (Lipinski definition) is 1. The number of carbonyl (C=O) groups is 1. The average molecular weight is 448 g/mol. The number of benzene rings is 3. The highest BCUT2D eigenvalue weighted by atomic mass is 19.1. The van der Waals surface area contributed by atoms with Crippen molar-refractivity contribution in [1.82, 2.24) is 9.55 Å². The van der Waals surface area contributed by atoms with Crippen LogP contribution in [-0.4, -0.2) is 15.3 Å². The van der Waals surface area contributed by atoms with Crippen molar-refractivity contribution in [3.05, 3.63) is 116 Å².